The van der Waals surface area contributed by atoms with E-state index in [0.717, 1.165) is 25.3 Å². The van der Waals surface area contributed by atoms with Crippen molar-refractivity contribution in [1.29, 1.82) is 0 Å². The third-order valence-electron chi connectivity index (χ3n) is 6.47. The molecule has 3 heteroatoms. The van der Waals surface area contributed by atoms with Crippen molar-refractivity contribution in [3.05, 3.63) is 41.6 Å². The van der Waals surface area contributed by atoms with E-state index in [1.54, 1.807) is 0 Å². The second kappa shape index (κ2) is 5.47. The SMILES string of the molecule is C=Cc1[nH]c2cccc3c2c1C[C@@H]1C3C[C@@H](CO)CN1CC1CC1. The Morgan fingerprint density at radius 1 is 1.29 bits per heavy atom. The van der Waals surface area contributed by atoms with Gasteiger partial charge in [-0.05, 0) is 60.8 Å². The van der Waals surface area contributed by atoms with Crippen molar-refractivity contribution >= 4 is 17.0 Å². The first kappa shape index (κ1) is 14.7. The average Bonchev–Trinajstić information content (AvgIpc) is 3.36. The second-order valence-corrected chi connectivity index (χ2v) is 8.05. The second-order valence-electron chi connectivity index (χ2n) is 8.05. The molecule has 0 bridgehead atoms. The lowest BCUT2D eigenvalue weighted by Crippen LogP contribution is -2.51. The van der Waals surface area contributed by atoms with Crippen LogP contribution in [0.25, 0.3) is 17.0 Å². The summed E-state index contributed by atoms with van der Waals surface area (Å²) >= 11 is 0. The van der Waals surface area contributed by atoms with Crippen molar-refractivity contribution in [3.8, 4) is 0 Å². The van der Waals surface area contributed by atoms with Crippen molar-refractivity contribution in [2.75, 3.05) is 19.7 Å². The van der Waals surface area contributed by atoms with Gasteiger partial charge in [-0.2, -0.15) is 0 Å². The van der Waals surface area contributed by atoms with E-state index in [1.807, 2.05) is 6.08 Å². The van der Waals surface area contributed by atoms with Crippen molar-refractivity contribution < 1.29 is 5.11 Å². The minimum Gasteiger partial charge on any atom is -0.396 e. The van der Waals surface area contributed by atoms with Crippen LogP contribution in [0.4, 0.5) is 0 Å². The fourth-order valence-electron chi connectivity index (χ4n) is 5.16. The lowest BCUT2D eigenvalue weighted by atomic mass is 9.72. The molecule has 2 N–H and O–H groups in total. The van der Waals surface area contributed by atoms with Crippen LogP contribution in [0.1, 0.15) is 42.0 Å². The molecule has 24 heavy (non-hydrogen) atoms. The first-order valence-electron chi connectivity index (χ1n) is 9.39. The Kier molecular flexibility index (Phi) is 3.36. The van der Waals surface area contributed by atoms with Gasteiger partial charge in [0.05, 0.1) is 0 Å². The van der Waals surface area contributed by atoms with Crippen LogP contribution >= 0.6 is 0 Å². The summed E-state index contributed by atoms with van der Waals surface area (Å²) in [5, 5.41) is 11.3. The Bertz CT molecular complexity index is 788. The van der Waals surface area contributed by atoms with E-state index >= 15 is 0 Å². The highest BCUT2D eigenvalue weighted by Crippen LogP contribution is 2.46. The number of hydrogen-bond donors (Lipinski definition) is 2. The highest BCUT2D eigenvalue weighted by Gasteiger charge is 2.42. The fraction of sp³-hybridized carbons (Fsp3) is 0.524. The van der Waals surface area contributed by atoms with E-state index in [-0.39, 0.29) is 0 Å². The summed E-state index contributed by atoms with van der Waals surface area (Å²) in [7, 11) is 0. The van der Waals surface area contributed by atoms with Crippen LogP contribution in [0.3, 0.4) is 0 Å². The first-order chi connectivity index (χ1) is 11.8. The number of aliphatic hydroxyl groups excluding tert-OH is 1. The van der Waals surface area contributed by atoms with E-state index in [9.17, 15) is 5.11 Å². The molecule has 1 aromatic heterocycles. The molecule has 1 saturated carbocycles. The predicted molar refractivity (Wildman–Crippen MR) is 98.1 cm³/mol. The Hall–Kier alpha value is -1.58. The first-order valence-corrected chi connectivity index (χ1v) is 9.39. The van der Waals surface area contributed by atoms with E-state index in [4.69, 9.17) is 0 Å². The van der Waals surface area contributed by atoms with Crippen LogP contribution in [0, 0.1) is 11.8 Å². The van der Waals surface area contributed by atoms with Gasteiger partial charge in [0.15, 0.2) is 0 Å². The molecule has 2 heterocycles. The van der Waals surface area contributed by atoms with E-state index in [0.29, 0.717) is 24.5 Å². The number of benzene rings is 1. The van der Waals surface area contributed by atoms with Gasteiger partial charge in [-0.15, -0.1) is 0 Å². The van der Waals surface area contributed by atoms with E-state index < -0.39 is 0 Å². The van der Waals surface area contributed by atoms with Crippen molar-refractivity contribution in [2.24, 2.45) is 11.8 Å². The number of fused-ring (bicyclic) bond motifs is 2. The van der Waals surface area contributed by atoms with Gasteiger partial charge in [0.2, 0.25) is 0 Å². The summed E-state index contributed by atoms with van der Waals surface area (Å²) in [4.78, 5) is 6.27. The molecule has 0 radical (unpaired) electrons. The van der Waals surface area contributed by atoms with Gasteiger partial charge < -0.3 is 10.1 Å². The number of piperidine rings is 1. The molecule has 2 fully saturated rings. The van der Waals surface area contributed by atoms with Crippen LogP contribution in [0.5, 0.6) is 0 Å². The molecule has 3 nitrogen and oxygen atoms in total. The molecule has 0 spiro atoms. The summed E-state index contributed by atoms with van der Waals surface area (Å²) < 4.78 is 0. The van der Waals surface area contributed by atoms with Gasteiger partial charge in [-0.25, -0.2) is 0 Å². The Morgan fingerprint density at radius 2 is 2.17 bits per heavy atom. The van der Waals surface area contributed by atoms with Crippen LogP contribution < -0.4 is 0 Å². The lowest BCUT2D eigenvalue weighted by Gasteiger charge is -2.47. The number of aromatic nitrogens is 1. The third-order valence-corrected chi connectivity index (χ3v) is 6.47. The molecule has 1 aliphatic heterocycles. The summed E-state index contributed by atoms with van der Waals surface area (Å²) in [5.41, 5.74) is 5.39. The molecule has 2 aromatic rings. The van der Waals surface area contributed by atoms with Crippen LogP contribution in [0.15, 0.2) is 24.8 Å². The number of nitrogens with zero attached hydrogens (tertiary/aromatic N) is 1. The monoisotopic (exact) mass is 322 g/mol. The lowest BCUT2D eigenvalue weighted by molar-refractivity contribution is 0.0536. The number of likely N-dealkylation sites (tertiary alicyclic amines) is 1. The Labute approximate surface area is 143 Å². The number of rotatable bonds is 4. The molecule has 2 aliphatic carbocycles. The highest BCUT2D eigenvalue weighted by atomic mass is 16.3. The minimum atomic E-state index is 0.318. The predicted octanol–water partition coefficient (Wildman–Crippen LogP) is 3.54. The van der Waals surface area contributed by atoms with Crippen LogP contribution in [-0.4, -0.2) is 40.7 Å². The molecule has 0 amide bonds. The van der Waals surface area contributed by atoms with Crippen molar-refractivity contribution in [3.63, 3.8) is 0 Å². The molecule has 5 rings (SSSR count). The van der Waals surface area contributed by atoms with Crippen molar-refractivity contribution in [2.45, 2.75) is 37.6 Å². The van der Waals surface area contributed by atoms with E-state index in [1.165, 1.54) is 47.1 Å². The summed E-state index contributed by atoms with van der Waals surface area (Å²) in [6.07, 6.45) is 6.99. The van der Waals surface area contributed by atoms with Crippen LogP contribution in [0.2, 0.25) is 0 Å². The number of hydrogen-bond acceptors (Lipinski definition) is 2. The molecule has 3 atom stereocenters. The molecular weight excluding hydrogens is 296 g/mol. The van der Waals surface area contributed by atoms with Crippen LogP contribution in [-0.2, 0) is 6.42 Å². The number of H-pyrrole nitrogens is 1. The Morgan fingerprint density at radius 3 is 2.92 bits per heavy atom. The molecule has 1 aromatic carbocycles. The molecule has 1 saturated heterocycles. The third kappa shape index (κ3) is 2.18. The summed E-state index contributed by atoms with van der Waals surface area (Å²) in [6, 6.07) is 7.27. The number of aliphatic hydroxyl groups is 1. The van der Waals surface area contributed by atoms with Gasteiger partial charge in [-0.3, -0.25) is 4.90 Å². The highest BCUT2D eigenvalue weighted by molar-refractivity contribution is 5.91. The molecule has 126 valence electrons. The summed E-state index contributed by atoms with van der Waals surface area (Å²) in [5.74, 6) is 1.87. The maximum Gasteiger partial charge on any atom is 0.0471 e. The van der Waals surface area contributed by atoms with Gasteiger partial charge in [0.25, 0.3) is 0 Å². The van der Waals surface area contributed by atoms with Gasteiger partial charge in [-0.1, -0.05) is 18.7 Å². The molecule has 3 aliphatic rings. The minimum absolute atomic E-state index is 0.318. The zero-order valence-electron chi connectivity index (χ0n) is 14.2. The topological polar surface area (TPSA) is 39.3 Å². The zero-order valence-corrected chi connectivity index (χ0v) is 14.2. The van der Waals surface area contributed by atoms with Gasteiger partial charge in [0.1, 0.15) is 0 Å². The molecule has 1 unspecified atom stereocenters. The average molecular weight is 322 g/mol. The number of nitrogens with one attached hydrogen (secondary N) is 1. The smallest absolute Gasteiger partial charge is 0.0471 e. The largest absolute Gasteiger partial charge is 0.396 e. The zero-order chi connectivity index (χ0) is 16.3. The quantitative estimate of drug-likeness (QED) is 0.904. The maximum atomic E-state index is 9.83. The van der Waals surface area contributed by atoms with Crippen molar-refractivity contribution in [1.82, 2.24) is 9.88 Å². The fourth-order valence-corrected chi connectivity index (χ4v) is 5.16. The maximum absolute atomic E-state index is 9.83. The standard InChI is InChI=1S/C21H26N2O/c1-2-18-17-9-20-16(15-4-3-5-19(22-18)21(15)17)8-14(12-24)11-23(20)10-13-6-7-13/h2-5,13-14,16,20,22,24H,1,6-12H2/t14-,16?,20-/m1/s1. The normalized spacial score (nSPS) is 29.6. The molecular formula is C21H26N2O. The Balaban J connectivity index is 1.62. The summed E-state index contributed by atoms with van der Waals surface area (Å²) in [6.45, 7) is 6.62. The van der Waals surface area contributed by atoms with Gasteiger partial charge in [0, 0.05) is 48.3 Å². The number of aromatic amines is 1. The van der Waals surface area contributed by atoms with Gasteiger partial charge >= 0.3 is 0 Å². The van der Waals surface area contributed by atoms with E-state index in [2.05, 4.69) is 34.7 Å².